The molecule has 0 amide bonds. The number of methoxy groups -OCH3 is 1. The van der Waals surface area contributed by atoms with Gasteiger partial charge in [0.2, 0.25) is 0 Å². The molecule has 18 heavy (non-hydrogen) atoms. The van der Waals surface area contributed by atoms with Crippen LogP contribution in [0.25, 0.3) is 11.1 Å². The van der Waals surface area contributed by atoms with Gasteiger partial charge in [0.05, 0.1) is 7.11 Å². The first-order valence-corrected chi connectivity index (χ1v) is 5.62. The van der Waals surface area contributed by atoms with Crippen LogP contribution >= 0.6 is 0 Å². The van der Waals surface area contributed by atoms with Gasteiger partial charge in [-0.25, -0.2) is 0 Å². The molecule has 0 heterocycles. The van der Waals surface area contributed by atoms with Crippen LogP contribution in [0.1, 0.15) is 6.92 Å². The van der Waals surface area contributed by atoms with Gasteiger partial charge >= 0.3 is 5.97 Å². The van der Waals surface area contributed by atoms with Gasteiger partial charge in [-0.3, -0.25) is 4.79 Å². The predicted octanol–water partition coefficient (Wildman–Crippen LogP) is 3.29. The van der Waals surface area contributed by atoms with Crippen LogP contribution in [0.5, 0.6) is 11.5 Å². The number of rotatable bonds is 3. The Kier molecular flexibility index (Phi) is 3.63. The Morgan fingerprint density at radius 3 is 2.28 bits per heavy atom. The highest BCUT2D eigenvalue weighted by Gasteiger charge is 2.07. The SMILES string of the molecule is COc1ccc(-c2ccccc2OC(C)=O)cc1. The lowest BCUT2D eigenvalue weighted by atomic mass is 10.0. The second kappa shape index (κ2) is 5.36. The van der Waals surface area contributed by atoms with Crippen LogP contribution in [-0.4, -0.2) is 13.1 Å². The summed E-state index contributed by atoms with van der Waals surface area (Å²) in [5.41, 5.74) is 1.86. The Labute approximate surface area is 106 Å². The summed E-state index contributed by atoms with van der Waals surface area (Å²) < 4.78 is 10.3. The number of hydrogen-bond acceptors (Lipinski definition) is 3. The van der Waals surface area contributed by atoms with Crippen molar-refractivity contribution in [2.24, 2.45) is 0 Å². The Bertz CT molecular complexity index is 544. The Hall–Kier alpha value is -2.29. The maximum atomic E-state index is 11.1. The fraction of sp³-hybridized carbons (Fsp3) is 0.133. The minimum atomic E-state index is -0.323. The summed E-state index contributed by atoms with van der Waals surface area (Å²) in [6.07, 6.45) is 0. The monoisotopic (exact) mass is 242 g/mol. The Morgan fingerprint density at radius 1 is 1.00 bits per heavy atom. The first kappa shape index (κ1) is 12.2. The van der Waals surface area contributed by atoms with Crippen LogP contribution in [0.3, 0.4) is 0 Å². The molecule has 0 fully saturated rings. The molecule has 0 N–H and O–H groups in total. The number of para-hydroxylation sites is 1. The number of carbonyl (C=O) groups excluding carboxylic acids is 1. The van der Waals surface area contributed by atoms with Crippen LogP contribution in [0.15, 0.2) is 48.5 Å². The lowest BCUT2D eigenvalue weighted by Crippen LogP contribution is -2.02. The molecule has 3 nitrogen and oxygen atoms in total. The highest BCUT2D eigenvalue weighted by molar-refractivity contribution is 5.76. The first-order chi connectivity index (χ1) is 8.70. The molecule has 3 heteroatoms. The van der Waals surface area contributed by atoms with E-state index >= 15 is 0 Å². The van der Waals surface area contributed by atoms with Gasteiger partial charge in [0, 0.05) is 12.5 Å². The van der Waals surface area contributed by atoms with E-state index in [-0.39, 0.29) is 5.97 Å². The summed E-state index contributed by atoms with van der Waals surface area (Å²) in [5.74, 6) is 1.04. The van der Waals surface area contributed by atoms with E-state index in [0.717, 1.165) is 16.9 Å². The van der Waals surface area contributed by atoms with Gasteiger partial charge in [0.1, 0.15) is 11.5 Å². The van der Waals surface area contributed by atoms with Gasteiger partial charge in [-0.1, -0.05) is 30.3 Å². The van der Waals surface area contributed by atoms with Gasteiger partial charge in [-0.05, 0) is 23.8 Å². The normalized spacial score (nSPS) is 9.89. The zero-order valence-electron chi connectivity index (χ0n) is 10.3. The molecule has 0 aliphatic heterocycles. The second-order valence-electron chi connectivity index (χ2n) is 3.82. The third-order valence-electron chi connectivity index (χ3n) is 2.54. The predicted molar refractivity (Wildman–Crippen MR) is 69.7 cm³/mol. The third-order valence-corrected chi connectivity index (χ3v) is 2.54. The molecule has 0 aromatic heterocycles. The molecule has 92 valence electrons. The summed E-state index contributed by atoms with van der Waals surface area (Å²) in [6.45, 7) is 1.39. The lowest BCUT2D eigenvalue weighted by molar-refractivity contribution is -0.131. The summed E-state index contributed by atoms with van der Waals surface area (Å²) in [6, 6.07) is 15.1. The van der Waals surface area contributed by atoms with Crippen LogP contribution in [0.2, 0.25) is 0 Å². The van der Waals surface area contributed by atoms with E-state index in [0.29, 0.717) is 5.75 Å². The highest BCUT2D eigenvalue weighted by Crippen LogP contribution is 2.30. The second-order valence-corrected chi connectivity index (χ2v) is 3.82. The Morgan fingerprint density at radius 2 is 1.67 bits per heavy atom. The Balaban J connectivity index is 2.39. The molecule has 0 aliphatic rings. The summed E-state index contributed by atoms with van der Waals surface area (Å²) in [4.78, 5) is 11.1. The van der Waals surface area contributed by atoms with Crippen LogP contribution < -0.4 is 9.47 Å². The van der Waals surface area contributed by atoms with Crippen molar-refractivity contribution in [2.45, 2.75) is 6.92 Å². The summed E-state index contributed by atoms with van der Waals surface area (Å²) >= 11 is 0. The lowest BCUT2D eigenvalue weighted by Gasteiger charge is -2.09. The zero-order chi connectivity index (χ0) is 13.0. The van der Waals surface area contributed by atoms with Gasteiger partial charge in [-0.2, -0.15) is 0 Å². The molecule has 0 spiro atoms. The van der Waals surface area contributed by atoms with Crippen LogP contribution in [0, 0.1) is 0 Å². The van der Waals surface area contributed by atoms with E-state index in [1.165, 1.54) is 6.92 Å². The van der Waals surface area contributed by atoms with Crippen molar-refractivity contribution >= 4 is 5.97 Å². The maximum absolute atomic E-state index is 11.1. The fourth-order valence-corrected chi connectivity index (χ4v) is 1.72. The minimum absolute atomic E-state index is 0.323. The van der Waals surface area contributed by atoms with E-state index in [1.54, 1.807) is 13.2 Å². The number of carbonyl (C=O) groups is 1. The van der Waals surface area contributed by atoms with E-state index in [4.69, 9.17) is 9.47 Å². The molecule has 0 unspecified atom stereocenters. The molecule has 0 atom stereocenters. The van der Waals surface area contributed by atoms with Crippen molar-refractivity contribution < 1.29 is 14.3 Å². The molecule has 0 aliphatic carbocycles. The standard InChI is InChI=1S/C15H14O3/c1-11(16)18-15-6-4-3-5-14(15)12-7-9-13(17-2)10-8-12/h3-10H,1-2H3. The summed E-state index contributed by atoms with van der Waals surface area (Å²) in [5, 5.41) is 0. The van der Waals surface area contributed by atoms with Gasteiger partial charge in [-0.15, -0.1) is 0 Å². The van der Waals surface area contributed by atoms with E-state index < -0.39 is 0 Å². The van der Waals surface area contributed by atoms with Gasteiger partial charge < -0.3 is 9.47 Å². The average Bonchev–Trinajstić information content (AvgIpc) is 2.39. The number of ether oxygens (including phenoxy) is 2. The van der Waals surface area contributed by atoms with Crippen LogP contribution in [0.4, 0.5) is 0 Å². The van der Waals surface area contributed by atoms with E-state index in [1.807, 2.05) is 42.5 Å². The molecule has 0 bridgehead atoms. The molecular weight excluding hydrogens is 228 g/mol. The molecule has 2 aromatic rings. The van der Waals surface area contributed by atoms with Crippen molar-refractivity contribution in [2.75, 3.05) is 7.11 Å². The number of benzene rings is 2. The summed E-state index contributed by atoms with van der Waals surface area (Å²) in [7, 11) is 1.63. The van der Waals surface area contributed by atoms with Gasteiger partial charge in [0.25, 0.3) is 0 Å². The highest BCUT2D eigenvalue weighted by atomic mass is 16.5. The number of esters is 1. The quantitative estimate of drug-likeness (QED) is 0.612. The van der Waals surface area contributed by atoms with Gasteiger partial charge in [0.15, 0.2) is 0 Å². The molecule has 2 rings (SSSR count). The maximum Gasteiger partial charge on any atom is 0.308 e. The topological polar surface area (TPSA) is 35.5 Å². The number of hydrogen-bond donors (Lipinski definition) is 0. The minimum Gasteiger partial charge on any atom is -0.497 e. The van der Waals surface area contributed by atoms with Crippen molar-refractivity contribution in [1.29, 1.82) is 0 Å². The molecular formula is C15H14O3. The third kappa shape index (κ3) is 2.69. The molecule has 0 saturated carbocycles. The largest absolute Gasteiger partial charge is 0.497 e. The molecule has 2 aromatic carbocycles. The molecule has 0 saturated heterocycles. The zero-order valence-corrected chi connectivity index (χ0v) is 10.3. The van der Waals surface area contributed by atoms with Crippen molar-refractivity contribution in [3.8, 4) is 22.6 Å². The van der Waals surface area contributed by atoms with Crippen LogP contribution in [-0.2, 0) is 4.79 Å². The smallest absolute Gasteiger partial charge is 0.308 e. The fourth-order valence-electron chi connectivity index (χ4n) is 1.72. The average molecular weight is 242 g/mol. The van der Waals surface area contributed by atoms with Crippen molar-refractivity contribution in [1.82, 2.24) is 0 Å². The van der Waals surface area contributed by atoms with Crippen molar-refractivity contribution in [3.05, 3.63) is 48.5 Å². The first-order valence-electron chi connectivity index (χ1n) is 5.62. The van der Waals surface area contributed by atoms with Crippen molar-refractivity contribution in [3.63, 3.8) is 0 Å². The molecule has 0 radical (unpaired) electrons. The van der Waals surface area contributed by atoms with E-state index in [9.17, 15) is 4.79 Å². The van der Waals surface area contributed by atoms with E-state index in [2.05, 4.69) is 0 Å².